The van der Waals surface area contributed by atoms with Crippen LogP contribution in [0.2, 0.25) is 0 Å². The summed E-state index contributed by atoms with van der Waals surface area (Å²) < 4.78 is 17.1. The molecule has 4 aromatic rings. The Labute approximate surface area is 163 Å². The molecule has 2 aromatic carbocycles. The molecule has 0 aliphatic carbocycles. The molecule has 1 N–H and O–H groups in total. The van der Waals surface area contributed by atoms with Crippen LogP contribution < -0.4 is 10.9 Å². The van der Waals surface area contributed by atoms with Gasteiger partial charge in [-0.3, -0.25) is 13.5 Å². The second-order valence-corrected chi connectivity index (χ2v) is 7.31. The lowest BCUT2D eigenvalue weighted by Crippen LogP contribution is -2.29. The van der Waals surface area contributed by atoms with Crippen molar-refractivity contribution in [3.63, 3.8) is 0 Å². The summed E-state index contributed by atoms with van der Waals surface area (Å²) in [4.78, 5) is 24.5. The number of nitrogens with zero attached hydrogens (tertiary/aromatic N) is 4. The lowest BCUT2D eigenvalue weighted by molar-refractivity contribution is -0.121. The molecule has 0 atom stereocenters. The summed E-state index contributed by atoms with van der Waals surface area (Å²) in [6.45, 7) is 0.535. The lowest BCUT2D eigenvalue weighted by Gasteiger charge is -2.03. The topological polar surface area (TPSA) is 81.8 Å². The number of rotatable bonds is 6. The van der Waals surface area contributed by atoms with Crippen molar-refractivity contribution in [2.24, 2.45) is 0 Å². The lowest BCUT2D eigenvalue weighted by atomic mass is 10.2. The summed E-state index contributed by atoms with van der Waals surface area (Å²) in [5, 5.41) is 11.3. The van der Waals surface area contributed by atoms with Crippen molar-refractivity contribution in [2.45, 2.75) is 19.6 Å². The molecule has 2 heterocycles. The maximum atomic E-state index is 13.2. The molecule has 0 saturated heterocycles. The molecule has 4 rings (SSSR count). The summed E-state index contributed by atoms with van der Waals surface area (Å²) in [7, 11) is 0. The van der Waals surface area contributed by atoms with Gasteiger partial charge in [0.2, 0.25) is 5.91 Å². The number of amides is 1. The third kappa shape index (κ3) is 3.99. The van der Waals surface area contributed by atoms with Gasteiger partial charge in [-0.05, 0) is 29.8 Å². The Balaban J connectivity index is 1.35. The van der Waals surface area contributed by atoms with Crippen LogP contribution in [-0.2, 0) is 24.4 Å². The fourth-order valence-electron chi connectivity index (χ4n) is 2.82. The number of hydrogen-bond donors (Lipinski definition) is 1. The van der Waals surface area contributed by atoms with Gasteiger partial charge in [-0.15, -0.1) is 5.10 Å². The van der Waals surface area contributed by atoms with E-state index in [2.05, 4.69) is 15.6 Å². The van der Waals surface area contributed by atoms with Crippen molar-refractivity contribution in [2.75, 3.05) is 0 Å². The second kappa shape index (κ2) is 7.73. The predicted octanol–water partition coefficient (Wildman–Crippen LogP) is 2.16. The van der Waals surface area contributed by atoms with E-state index in [0.29, 0.717) is 17.6 Å². The van der Waals surface area contributed by atoms with Crippen LogP contribution in [0.4, 0.5) is 4.39 Å². The SMILES string of the molecule is O=C(Cn1sc2ccccc2c1=O)NCc1cn(Cc2cccc(F)c2)nn1. The van der Waals surface area contributed by atoms with Crippen LogP contribution in [0.25, 0.3) is 10.1 Å². The zero-order chi connectivity index (χ0) is 19.5. The third-order valence-electron chi connectivity index (χ3n) is 4.13. The predicted molar refractivity (Wildman–Crippen MR) is 103 cm³/mol. The maximum Gasteiger partial charge on any atom is 0.268 e. The molecule has 28 heavy (non-hydrogen) atoms. The molecule has 0 radical (unpaired) electrons. The standard InChI is InChI=1S/C19H16FN5O2S/c20-14-5-3-4-13(8-14)10-24-11-15(22-23-24)9-21-18(26)12-25-19(27)16-6-1-2-7-17(16)28-25/h1-8,11H,9-10,12H2,(H,21,26). The highest BCUT2D eigenvalue weighted by atomic mass is 32.1. The van der Waals surface area contributed by atoms with E-state index in [9.17, 15) is 14.0 Å². The summed E-state index contributed by atoms with van der Waals surface area (Å²) in [5.74, 6) is -0.588. The summed E-state index contributed by atoms with van der Waals surface area (Å²) in [6, 6.07) is 13.5. The third-order valence-corrected chi connectivity index (χ3v) is 5.19. The molecule has 0 unspecified atom stereocenters. The fourth-order valence-corrected chi connectivity index (χ4v) is 3.81. The van der Waals surface area contributed by atoms with Gasteiger partial charge in [0.15, 0.2) is 0 Å². The van der Waals surface area contributed by atoms with Crippen LogP contribution in [0, 0.1) is 5.82 Å². The molecule has 7 nitrogen and oxygen atoms in total. The summed E-state index contributed by atoms with van der Waals surface area (Å²) in [6.07, 6.45) is 1.69. The van der Waals surface area contributed by atoms with E-state index in [-0.39, 0.29) is 30.4 Å². The van der Waals surface area contributed by atoms with E-state index in [1.165, 1.54) is 27.6 Å². The van der Waals surface area contributed by atoms with Gasteiger partial charge in [-0.1, -0.05) is 41.0 Å². The average molecular weight is 397 g/mol. The minimum absolute atomic E-state index is 0.0460. The number of carbonyl (C=O) groups excluding carboxylic acids is 1. The number of halogens is 1. The largest absolute Gasteiger partial charge is 0.349 e. The molecule has 9 heteroatoms. The van der Waals surface area contributed by atoms with Crippen LogP contribution in [0.1, 0.15) is 11.3 Å². The number of hydrogen-bond acceptors (Lipinski definition) is 5. The van der Waals surface area contributed by atoms with Gasteiger partial charge in [0.05, 0.1) is 29.4 Å². The Hall–Kier alpha value is -3.33. The molecule has 0 bridgehead atoms. The Kier molecular flexibility index (Phi) is 4.98. The zero-order valence-electron chi connectivity index (χ0n) is 14.7. The quantitative estimate of drug-likeness (QED) is 0.541. The van der Waals surface area contributed by atoms with Gasteiger partial charge >= 0.3 is 0 Å². The van der Waals surface area contributed by atoms with E-state index in [4.69, 9.17) is 0 Å². The van der Waals surface area contributed by atoms with E-state index in [0.717, 1.165) is 10.3 Å². The van der Waals surface area contributed by atoms with Gasteiger partial charge in [0.25, 0.3) is 5.56 Å². The number of nitrogens with one attached hydrogen (secondary N) is 1. The molecule has 2 aromatic heterocycles. The fraction of sp³-hybridized carbons (Fsp3) is 0.158. The molecular formula is C19H16FN5O2S. The molecule has 0 spiro atoms. The Morgan fingerprint density at radius 1 is 1.18 bits per heavy atom. The maximum absolute atomic E-state index is 13.2. The number of benzene rings is 2. The van der Waals surface area contributed by atoms with Crippen LogP contribution in [0.3, 0.4) is 0 Å². The molecule has 0 aliphatic heterocycles. The van der Waals surface area contributed by atoms with Crippen molar-refractivity contribution in [1.82, 2.24) is 24.3 Å². The Bertz CT molecular complexity index is 1200. The van der Waals surface area contributed by atoms with Gasteiger partial charge in [-0.25, -0.2) is 9.07 Å². The second-order valence-electron chi connectivity index (χ2n) is 6.24. The van der Waals surface area contributed by atoms with Crippen molar-refractivity contribution in [3.05, 3.63) is 82.2 Å². The summed E-state index contributed by atoms with van der Waals surface area (Å²) >= 11 is 1.26. The highest BCUT2D eigenvalue weighted by Crippen LogP contribution is 2.15. The van der Waals surface area contributed by atoms with Gasteiger partial charge in [0, 0.05) is 0 Å². The van der Waals surface area contributed by atoms with Crippen molar-refractivity contribution < 1.29 is 9.18 Å². The highest BCUT2D eigenvalue weighted by Gasteiger charge is 2.11. The number of fused-ring (bicyclic) bond motifs is 1. The minimum atomic E-state index is -0.304. The van der Waals surface area contributed by atoms with E-state index in [1.54, 1.807) is 35.1 Å². The Morgan fingerprint density at radius 2 is 2.04 bits per heavy atom. The van der Waals surface area contributed by atoms with E-state index >= 15 is 0 Å². The monoisotopic (exact) mass is 397 g/mol. The minimum Gasteiger partial charge on any atom is -0.349 e. The molecule has 142 valence electrons. The van der Waals surface area contributed by atoms with Crippen LogP contribution >= 0.6 is 11.5 Å². The first kappa shape index (κ1) is 18.1. The first-order valence-electron chi connectivity index (χ1n) is 8.57. The molecule has 0 fully saturated rings. The zero-order valence-corrected chi connectivity index (χ0v) is 15.5. The van der Waals surface area contributed by atoms with Crippen LogP contribution in [-0.4, -0.2) is 24.9 Å². The normalized spacial score (nSPS) is 11.0. The van der Waals surface area contributed by atoms with Crippen molar-refractivity contribution in [1.29, 1.82) is 0 Å². The first-order valence-corrected chi connectivity index (χ1v) is 9.35. The van der Waals surface area contributed by atoms with Crippen molar-refractivity contribution in [3.8, 4) is 0 Å². The smallest absolute Gasteiger partial charge is 0.268 e. The Morgan fingerprint density at radius 3 is 2.86 bits per heavy atom. The van der Waals surface area contributed by atoms with Crippen LogP contribution in [0.15, 0.2) is 59.5 Å². The van der Waals surface area contributed by atoms with E-state index in [1.807, 2.05) is 12.1 Å². The van der Waals surface area contributed by atoms with Gasteiger partial charge in [0.1, 0.15) is 18.1 Å². The average Bonchev–Trinajstić information content (AvgIpc) is 3.25. The number of carbonyl (C=O) groups is 1. The highest BCUT2D eigenvalue weighted by molar-refractivity contribution is 7.13. The van der Waals surface area contributed by atoms with Gasteiger partial charge in [-0.2, -0.15) is 0 Å². The van der Waals surface area contributed by atoms with Gasteiger partial charge < -0.3 is 5.32 Å². The first-order chi connectivity index (χ1) is 13.6. The van der Waals surface area contributed by atoms with Crippen molar-refractivity contribution >= 4 is 27.5 Å². The van der Waals surface area contributed by atoms with Crippen LogP contribution in [0.5, 0.6) is 0 Å². The summed E-state index contributed by atoms with van der Waals surface area (Å²) in [5.41, 5.74) is 1.18. The number of aromatic nitrogens is 4. The van der Waals surface area contributed by atoms with E-state index < -0.39 is 0 Å². The molecular weight excluding hydrogens is 381 g/mol. The molecule has 1 amide bonds. The molecule has 0 saturated carbocycles. The molecule has 0 aliphatic rings.